The lowest BCUT2D eigenvalue weighted by molar-refractivity contribution is -0.250. The number of aromatic nitrogens is 2. The Bertz CT molecular complexity index is 831. The third kappa shape index (κ3) is 3.07. The van der Waals surface area contributed by atoms with Crippen LogP contribution in [0.25, 0.3) is 5.69 Å². The number of halogens is 4. The SMILES string of the molecule is CC1CN(C(=O)[C@@](C)(O)C(F)(F)F)Cc2cnn(-c3ccc(Cl)cc3)c21. The van der Waals surface area contributed by atoms with Crippen LogP contribution in [0.15, 0.2) is 30.5 Å². The number of hydrogen-bond acceptors (Lipinski definition) is 3. The number of rotatable bonds is 2. The third-order valence-electron chi connectivity index (χ3n) is 4.54. The van der Waals surface area contributed by atoms with Crippen LogP contribution in [0.4, 0.5) is 13.2 Å². The molecule has 3 rings (SSSR count). The van der Waals surface area contributed by atoms with E-state index in [2.05, 4.69) is 5.10 Å². The Hall–Kier alpha value is -2.06. The maximum absolute atomic E-state index is 13.0. The van der Waals surface area contributed by atoms with Gasteiger partial charge in [0.1, 0.15) is 0 Å². The van der Waals surface area contributed by atoms with E-state index in [0.717, 1.165) is 16.3 Å². The summed E-state index contributed by atoms with van der Waals surface area (Å²) in [5, 5.41) is 14.5. The molecule has 26 heavy (non-hydrogen) atoms. The highest BCUT2D eigenvalue weighted by atomic mass is 35.5. The van der Waals surface area contributed by atoms with Gasteiger partial charge in [0.2, 0.25) is 5.60 Å². The summed E-state index contributed by atoms with van der Waals surface area (Å²) in [7, 11) is 0. The molecule has 5 nitrogen and oxygen atoms in total. The quantitative estimate of drug-likeness (QED) is 0.860. The molecule has 1 amide bonds. The predicted molar refractivity (Wildman–Crippen MR) is 89.1 cm³/mol. The van der Waals surface area contributed by atoms with Crippen molar-refractivity contribution in [3.05, 3.63) is 46.7 Å². The van der Waals surface area contributed by atoms with Crippen molar-refractivity contribution in [2.45, 2.75) is 38.1 Å². The first-order valence-corrected chi connectivity index (χ1v) is 8.31. The Balaban J connectivity index is 1.91. The van der Waals surface area contributed by atoms with Gasteiger partial charge in [0.25, 0.3) is 5.91 Å². The lowest BCUT2D eigenvalue weighted by atomic mass is 9.95. The Morgan fingerprint density at radius 3 is 2.50 bits per heavy atom. The van der Waals surface area contributed by atoms with E-state index in [-0.39, 0.29) is 19.0 Å². The summed E-state index contributed by atoms with van der Waals surface area (Å²) in [5.41, 5.74) is -1.19. The van der Waals surface area contributed by atoms with Crippen LogP contribution in [0, 0.1) is 0 Å². The average molecular weight is 388 g/mol. The van der Waals surface area contributed by atoms with E-state index in [0.29, 0.717) is 17.5 Å². The lowest BCUT2D eigenvalue weighted by Crippen LogP contribution is -2.57. The van der Waals surface area contributed by atoms with Crippen LogP contribution < -0.4 is 0 Å². The Labute approximate surface area is 153 Å². The van der Waals surface area contributed by atoms with E-state index in [9.17, 15) is 23.1 Å². The first kappa shape index (κ1) is 18.7. The maximum atomic E-state index is 13.0. The summed E-state index contributed by atoms with van der Waals surface area (Å²) in [6.45, 7) is 2.29. The molecular formula is C17H17ClF3N3O2. The molecule has 2 atom stereocenters. The van der Waals surface area contributed by atoms with Crippen molar-refractivity contribution in [3.8, 4) is 5.69 Å². The molecule has 9 heteroatoms. The monoisotopic (exact) mass is 387 g/mol. The van der Waals surface area contributed by atoms with Gasteiger partial charge in [-0.25, -0.2) is 4.68 Å². The molecule has 0 radical (unpaired) electrons. The van der Waals surface area contributed by atoms with E-state index >= 15 is 0 Å². The van der Waals surface area contributed by atoms with Crippen LogP contribution in [0.5, 0.6) is 0 Å². The third-order valence-corrected chi connectivity index (χ3v) is 4.79. The second kappa shape index (κ2) is 6.28. The van der Waals surface area contributed by atoms with E-state index in [1.807, 2.05) is 0 Å². The number of carbonyl (C=O) groups excluding carboxylic acids is 1. The summed E-state index contributed by atoms with van der Waals surface area (Å²) in [6, 6.07) is 7.01. The lowest BCUT2D eigenvalue weighted by Gasteiger charge is -2.36. The number of amides is 1. The van der Waals surface area contributed by atoms with Gasteiger partial charge in [-0.15, -0.1) is 0 Å². The van der Waals surface area contributed by atoms with E-state index in [1.54, 1.807) is 35.9 Å². The highest BCUT2D eigenvalue weighted by Crippen LogP contribution is 2.35. The molecule has 1 unspecified atom stereocenters. The molecule has 1 aromatic carbocycles. The highest BCUT2D eigenvalue weighted by Gasteiger charge is 2.57. The van der Waals surface area contributed by atoms with Gasteiger partial charge < -0.3 is 10.0 Å². The number of alkyl halides is 3. The Kier molecular flexibility index (Phi) is 4.52. The van der Waals surface area contributed by atoms with Gasteiger partial charge in [0.15, 0.2) is 0 Å². The van der Waals surface area contributed by atoms with Crippen molar-refractivity contribution in [2.24, 2.45) is 0 Å². The van der Waals surface area contributed by atoms with Crippen LogP contribution in [0.2, 0.25) is 5.02 Å². The highest BCUT2D eigenvalue weighted by molar-refractivity contribution is 6.30. The Morgan fingerprint density at radius 2 is 1.92 bits per heavy atom. The molecule has 0 saturated heterocycles. The second-order valence-corrected chi connectivity index (χ2v) is 7.04. The molecule has 0 bridgehead atoms. The van der Waals surface area contributed by atoms with Gasteiger partial charge in [0.05, 0.1) is 17.6 Å². The van der Waals surface area contributed by atoms with Crippen molar-refractivity contribution in [1.29, 1.82) is 0 Å². The average Bonchev–Trinajstić information content (AvgIpc) is 2.98. The molecule has 1 N–H and O–H groups in total. The first-order valence-electron chi connectivity index (χ1n) is 7.93. The topological polar surface area (TPSA) is 58.4 Å². The van der Waals surface area contributed by atoms with Crippen molar-refractivity contribution in [2.75, 3.05) is 6.54 Å². The van der Waals surface area contributed by atoms with Gasteiger partial charge in [-0.3, -0.25) is 4.79 Å². The summed E-state index contributed by atoms with van der Waals surface area (Å²) >= 11 is 5.89. The largest absolute Gasteiger partial charge is 0.426 e. The molecule has 2 heterocycles. The molecule has 0 aliphatic carbocycles. The van der Waals surface area contributed by atoms with Gasteiger partial charge in [-0.05, 0) is 31.2 Å². The number of aliphatic hydroxyl groups is 1. The number of benzene rings is 1. The van der Waals surface area contributed by atoms with Gasteiger partial charge in [-0.2, -0.15) is 18.3 Å². The van der Waals surface area contributed by atoms with E-state index in [4.69, 9.17) is 11.6 Å². The number of nitrogens with zero attached hydrogens (tertiary/aromatic N) is 3. The van der Waals surface area contributed by atoms with Crippen LogP contribution in [0.3, 0.4) is 0 Å². The molecule has 0 spiro atoms. The van der Waals surface area contributed by atoms with Crippen molar-refractivity contribution in [3.63, 3.8) is 0 Å². The van der Waals surface area contributed by atoms with Crippen molar-refractivity contribution < 1.29 is 23.1 Å². The zero-order valence-electron chi connectivity index (χ0n) is 14.1. The minimum Gasteiger partial charge on any atom is -0.373 e. The zero-order valence-corrected chi connectivity index (χ0v) is 14.8. The van der Waals surface area contributed by atoms with Crippen LogP contribution in [0.1, 0.15) is 31.0 Å². The predicted octanol–water partition coefficient (Wildman–Crippen LogP) is 3.28. The van der Waals surface area contributed by atoms with Gasteiger partial charge in [-0.1, -0.05) is 18.5 Å². The minimum atomic E-state index is -5.04. The summed E-state index contributed by atoms with van der Waals surface area (Å²) < 4.78 is 40.6. The number of carbonyl (C=O) groups is 1. The molecule has 1 aliphatic heterocycles. The standard InChI is InChI=1S/C17H17ClF3N3O2/c1-10-8-23(15(25)16(2,26)17(19,20)21)9-11-7-22-24(14(10)11)13-5-3-12(18)4-6-13/h3-7,10,26H,8-9H2,1-2H3/t10?,16-/m1/s1. The fraction of sp³-hybridized carbons (Fsp3) is 0.412. The first-order chi connectivity index (χ1) is 12.0. The maximum Gasteiger partial charge on any atom is 0.426 e. The van der Waals surface area contributed by atoms with E-state index < -0.39 is 17.7 Å². The second-order valence-electron chi connectivity index (χ2n) is 6.60. The van der Waals surface area contributed by atoms with Gasteiger partial charge in [0, 0.05) is 29.6 Å². The van der Waals surface area contributed by atoms with Crippen LogP contribution in [-0.4, -0.2) is 44.0 Å². The normalized spacial score (nSPS) is 19.8. The van der Waals surface area contributed by atoms with Crippen LogP contribution in [-0.2, 0) is 11.3 Å². The van der Waals surface area contributed by atoms with E-state index in [1.165, 1.54) is 6.20 Å². The smallest absolute Gasteiger partial charge is 0.373 e. The molecule has 1 aromatic heterocycles. The number of fused-ring (bicyclic) bond motifs is 1. The molecule has 0 fully saturated rings. The fourth-order valence-corrected chi connectivity index (χ4v) is 3.22. The summed E-state index contributed by atoms with van der Waals surface area (Å²) in [6.07, 6.45) is -3.51. The molecule has 1 aliphatic rings. The molecule has 140 valence electrons. The Morgan fingerprint density at radius 1 is 1.31 bits per heavy atom. The molecule has 0 saturated carbocycles. The summed E-state index contributed by atoms with van der Waals surface area (Å²) in [4.78, 5) is 13.3. The zero-order chi connectivity index (χ0) is 19.3. The van der Waals surface area contributed by atoms with Crippen LogP contribution >= 0.6 is 11.6 Å². The fourth-order valence-electron chi connectivity index (χ4n) is 3.10. The molecule has 2 aromatic rings. The van der Waals surface area contributed by atoms with Crippen molar-refractivity contribution >= 4 is 17.5 Å². The molecular weight excluding hydrogens is 371 g/mol. The van der Waals surface area contributed by atoms with Crippen molar-refractivity contribution in [1.82, 2.24) is 14.7 Å². The summed E-state index contributed by atoms with van der Waals surface area (Å²) in [5.74, 6) is -1.62. The number of hydrogen-bond donors (Lipinski definition) is 1. The minimum absolute atomic E-state index is 0.0433. The van der Waals surface area contributed by atoms with Gasteiger partial charge >= 0.3 is 6.18 Å².